The molecule has 1 unspecified atom stereocenters. The summed E-state index contributed by atoms with van der Waals surface area (Å²) in [6.07, 6.45) is 1.92. The minimum absolute atomic E-state index is 0.0436. The standard InChI is InChI=1S/C22H33N5O4/c1-22(2,3)18(16-8-10-17(11-9-16)27(30)31)7-6-12-23-13-14-24-19-15-20(28)26(5)21(29)25(19)4/h8-11,15,18,23-24H,6-7,12-14H2,1-5H3. The molecule has 9 nitrogen and oxygen atoms in total. The molecule has 170 valence electrons. The van der Waals surface area contributed by atoms with Gasteiger partial charge in [0.25, 0.3) is 11.2 Å². The third kappa shape index (κ3) is 6.52. The molecule has 1 aromatic heterocycles. The highest BCUT2D eigenvalue weighted by Crippen LogP contribution is 2.38. The van der Waals surface area contributed by atoms with Crippen LogP contribution in [0.2, 0.25) is 0 Å². The van der Waals surface area contributed by atoms with Crippen LogP contribution in [0, 0.1) is 15.5 Å². The molecule has 1 aromatic carbocycles. The lowest BCUT2D eigenvalue weighted by atomic mass is 9.74. The van der Waals surface area contributed by atoms with Crippen molar-refractivity contribution in [2.45, 2.75) is 39.5 Å². The molecule has 1 heterocycles. The Morgan fingerprint density at radius 2 is 1.68 bits per heavy atom. The number of hydrogen-bond acceptors (Lipinski definition) is 6. The van der Waals surface area contributed by atoms with Crippen molar-refractivity contribution in [1.82, 2.24) is 14.5 Å². The van der Waals surface area contributed by atoms with E-state index in [0.717, 1.165) is 29.5 Å². The average molecular weight is 432 g/mol. The Kier molecular flexibility index (Phi) is 8.15. The van der Waals surface area contributed by atoms with Gasteiger partial charge in [-0.2, -0.15) is 0 Å². The van der Waals surface area contributed by atoms with Gasteiger partial charge in [0.15, 0.2) is 0 Å². The van der Waals surface area contributed by atoms with E-state index in [0.29, 0.717) is 24.8 Å². The van der Waals surface area contributed by atoms with Crippen LogP contribution in [0.3, 0.4) is 0 Å². The summed E-state index contributed by atoms with van der Waals surface area (Å²) in [6, 6.07) is 8.28. The van der Waals surface area contributed by atoms with E-state index < -0.39 is 0 Å². The zero-order valence-electron chi connectivity index (χ0n) is 19.0. The van der Waals surface area contributed by atoms with Crippen LogP contribution in [0.4, 0.5) is 11.5 Å². The Morgan fingerprint density at radius 1 is 1.03 bits per heavy atom. The van der Waals surface area contributed by atoms with Gasteiger partial charge in [0, 0.05) is 45.4 Å². The largest absolute Gasteiger partial charge is 0.370 e. The van der Waals surface area contributed by atoms with Gasteiger partial charge in [0.1, 0.15) is 5.82 Å². The van der Waals surface area contributed by atoms with Crippen molar-refractivity contribution >= 4 is 11.5 Å². The number of anilines is 1. The number of hydrogen-bond donors (Lipinski definition) is 2. The number of nitrogens with zero attached hydrogens (tertiary/aromatic N) is 3. The summed E-state index contributed by atoms with van der Waals surface area (Å²) in [7, 11) is 3.08. The van der Waals surface area contributed by atoms with Crippen molar-refractivity contribution in [3.63, 3.8) is 0 Å². The number of non-ortho nitro benzene ring substituents is 1. The van der Waals surface area contributed by atoms with Gasteiger partial charge in [-0.05, 0) is 36.3 Å². The van der Waals surface area contributed by atoms with Crippen LogP contribution < -0.4 is 21.9 Å². The molecule has 0 aliphatic heterocycles. The average Bonchev–Trinajstić information content (AvgIpc) is 2.71. The first kappa shape index (κ1) is 24.3. The first-order valence-electron chi connectivity index (χ1n) is 10.5. The summed E-state index contributed by atoms with van der Waals surface area (Å²) < 4.78 is 2.49. The minimum Gasteiger partial charge on any atom is -0.370 e. The lowest BCUT2D eigenvalue weighted by Crippen LogP contribution is -2.38. The van der Waals surface area contributed by atoms with E-state index in [1.54, 1.807) is 19.2 Å². The summed E-state index contributed by atoms with van der Waals surface area (Å²) in [5.41, 5.74) is 0.577. The number of aromatic nitrogens is 2. The van der Waals surface area contributed by atoms with Gasteiger partial charge >= 0.3 is 5.69 Å². The van der Waals surface area contributed by atoms with Crippen LogP contribution in [0.1, 0.15) is 45.1 Å². The maximum absolute atomic E-state index is 11.9. The van der Waals surface area contributed by atoms with E-state index in [1.807, 2.05) is 12.1 Å². The van der Waals surface area contributed by atoms with Crippen LogP contribution in [0.5, 0.6) is 0 Å². The molecule has 0 saturated heterocycles. The van der Waals surface area contributed by atoms with Crippen molar-refractivity contribution in [2.75, 3.05) is 25.0 Å². The molecule has 0 amide bonds. The second-order valence-electron chi connectivity index (χ2n) is 8.85. The smallest absolute Gasteiger partial charge is 0.332 e. The molecule has 0 aliphatic carbocycles. The highest BCUT2D eigenvalue weighted by molar-refractivity contribution is 5.35. The van der Waals surface area contributed by atoms with Crippen molar-refractivity contribution in [1.29, 1.82) is 0 Å². The number of benzene rings is 1. The maximum Gasteiger partial charge on any atom is 0.332 e. The Labute approximate surface area is 182 Å². The second kappa shape index (κ2) is 10.4. The van der Waals surface area contributed by atoms with E-state index in [-0.39, 0.29) is 27.3 Å². The third-order valence-corrected chi connectivity index (χ3v) is 5.53. The van der Waals surface area contributed by atoms with Gasteiger partial charge in [-0.15, -0.1) is 0 Å². The van der Waals surface area contributed by atoms with Crippen LogP contribution in [-0.4, -0.2) is 33.7 Å². The van der Waals surface area contributed by atoms with Crippen molar-refractivity contribution in [3.05, 3.63) is 66.8 Å². The molecule has 0 spiro atoms. The molecule has 0 radical (unpaired) electrons. The fraction of sp³-hybridized carbons (Fsp3) is 0.545. The molecule has 9 heteroatoms. The fourth-order valence-corrected chi connectivity index (χ4v) is 3.67. The van der Waals surface area contributed by atoms with Crippen molar-refractivity contribution in [2.24, 2.45) is 19.5 Å². The van der Waals surface area contributed by atoms with E-state index in [2.05, 4.69) is 31.4 Å². The van der Waals surface area contributed by atoms with Gasteiger partial charge < -0.3 is 10.6 Å². The van der Waals surface area contributed by atoms with Crippen LogP contribution in [0.15, 0.2) is 39.9 Å². The first-order chi connectivity index (χ1) is 14.5. The molecule has 0 bridgehead atoms. The van der Waals surface area contributed by atoms with E-state index >= 15 is 0 Å². The SMILES string of the molecule is Cn1c(NCCNCCCC(c2ccc([N+](=O)[O-])cc2)C(C)(C)C)cc(=O)n(C)c1=O. The van der Waals surface area contributed by atoms with Crippen LogP contribution in [0.25, 0.3) is 0 Å². The van der Waals surface area contributed by atoms with E-state index in [4.69, 9.17) is 0 Å². The van der Waals surface area contributed by atoms with Crippen molar-refractivity contribution in [3.8, 4) is 0 Å². The molecular weight excluding hydrogens is 398 g/mol. The predicted octanol–water partition coefficient (Wildman–Crippen LogP) is 2.60. The first-order valence-corrected chi connectivity index (χ1v) is 10.5. The summed E-state index contributed by atoms with van der Waals surface area (Å²) in [5, 5.41) is 17.4. The lowest BCUT2D eigenvalue weighted by Gasteiger charge is -2.31. The summed E-state index contributed by atoms with van der Waals surface area (Å²) in [6.45, 7) is 8.67. The molecular formula is C22H33N5O4. The Bertz CT molecular complexity index is 1000. The van der Waals surface area contributed by atoms with E-state index in [1.165, 1.54) is 17.7 Å². The van der Waals surface area contributed by atoms with E-state index in [9.17, 15) is 19.7 Å². The summed E-state index contributed by atoms with van der Waals surface area (Å²) in [5.74, 6) is 0.796. The van der Waals surface area contributed by atoms with Crippen LogP contribution >= 0.6 is 0 Å². The highest BCUT2D eigenvalue weighted by atomic mass is 16.6. The molecule has 2 rings (SSSR count). The normalized spacial score (nSPS) is 12.5. The Hall–Kier alpha value is -2.94. The zero-order valence-corrected chi connectivity index (χ0v) is 19.0. The Balaban J connectivity index is 1.82. The highest BCUT2D eigenvalue weighted by Gasteiger charge is 2.26. The molecule has 2 N–H and O–H groups in total. The van der Waals surface area contributed by atoms with Crippen molar-refractivity contribution < 1.29 is 4.92 Å². The molecule has 2 aromatic rings. The molecule has 0 saturated carbocycles. The van der Waals surface area contributed by atoms with Gasteiger partial charge in [-0.3, -0.25) is 24.0 Å². The number of rotatable bonds is 10. The maximum atomic E-state index is 11.9. The summed E-state index contributed by atoms with van der Waals surface area (Å²) >= 11 is 0. The van der Waals surface area contributed by atoms with Gasteiger partial charge in [0.2, 0.25) is 0 Å². The molecule has 1 atom stereocenters. The molecule has 0 aliphatic rings. The Morgan fingerprint density at radius 3 is 2.26 bits per heavy atom. The fourth-order valence-electron chi connectivity index (χ4n) is 3.67. The third-order valence-electron chi connectivity index (χ3n) is 5.53. The number of nitro groups is 1. The van der Waals surface area contributed by atoms with Gasteiger partial charge in [-0.25, -0.2) is 4.79 Å². The topological polar surface area (TPSA) is 111 Å². The monoisotopic (exact) mass is 431 g/mol. The van der Waals surface area contributed by atoms with Crippen LogP contribution in [-0.2, 0) is 14.1 Å². The predicted molar refractivity (Wildman–Crippen MR) is 123 cm³/mol. The van der Waals surface area contributed by atoms with Gasteiger partial charge in [0.05, 0.1) is 4.92 Å². The minimum atomic E-state index is -0.376. The zero-order chi connectivity index (χ0) is 23.2. The lowest BCUT2D eigenvalue weighted by molar-refractivity contribution is -0.384. The molecule has 31 heavy (non-hydrogen) atoms. The quantitative estimate of drug-likeness (QED) is 0.340. The summed E-state index contributed by atoms with van der Waals surface area (Å²) in [4.78, 5) is 34.2. The second-order valence-corrected chi connectivity index (χ2v) is 8.85. The van der Waals surface area contributed by atoms with Gasteiger partial charge in [-0.1, -0.05) is 32.9 Å². The molecule has 0 fully saturated rings. The number of nitro benzene ring substituents is 1. The number of nitrogens with one attached hydrogen (secondary N) is 2.